The van der Waals surface area contributed by atoms with E-state index in [1.165, 1.54) is 11.3 Å². The molecule has 1 aromatic carbocycles. The van der Waals surface area contributed by atoms with Crippen molar-refractivity contribution in [1.82, 2.24) is 4.98 Å². The number of aromatic nitrogens is 1. The fourth-order valence-electron chi connectivity index (χ4n) is 1.86. The van der Waals surface area contributed by atoms with Gasteiger partial charge in [0.2, 0.25) is 5.91 Å². The summed E-state index contributed by atoms with van der Waals surface area (Å²) >= 11 is 13.6. The Hall–Kier alpha value is -1.14. The number of thiazole rings is 1. The highest BCUT2D eigenvalue weighted by atomic mass is 35.5. The van der Waals surface area contributed by atoms with E-state index in [1.807, 2.05) is 19.1 Å². The van der Waals surface area contributed by atoms with E-state index in [9.17, 15) is 4.79 Å². The zero-order chi connectivity index (χ0) is 16.1. The number of rotatable bonds is 6. The first kappa shape index (κ1) is 17.2. The quantitative estimate of drug-likeness (QED) is 0.817. The standard InChI is InChI=1S/C15H17Cl2N3OS/c1-9(18)5-6-13(21)20-15-19-8-11(22-15)7-10-3-2-4-12(16)14(10)17/h2-4,8-9H,5-7,18H2,1H3,(H,19,20,21). The third-order valence-corrected chi connectivity index (χ3v) is 4.79. The largest absolute Gasteiger partial charge is 0.328 e. The van der Waals surface area contributed by atoms with Gasteiger partial charge >= 0.3 is 0 Å². The fourth-order valence-corrected chi connectivity index (χ4v) is 3.10. The maximum atomic E-state index is 11.7. The van der Waals surface area contributed by atoms with Gasteiger partial charge in [-0.25, -0.2) is 4.98 Å². The molecule has 2 aromatic rings. The van der Waals surface area contributed by atoms with Crippen LogP contribution in [0, 0.1) is 0 Å². The molecule has 1 heterocycles. The Kier molecular flexibility index (Phi) is 6.20. The van der Waals surface area contributed by atoms with Crippen molar-refractivity contribution in [3.63, 3.8) is 0 Å². The number of hydrogen-bond donors (Lipinski definition) is 2. The van der Waals surface area contributed by atoms with Crippen LogP contribution in [-0.4, -0.2) is 16.9 Å². The lowest BCUT2D eigenvalue weighted by Gasteiger charge is -2.04. The number of nitrogens with two attached hydrogens (primary N) is 1. The van der Waals surface area contributed by atoms with E-state index in [0.29, 0.717) is 34.4 Å². The number of carbonyl (C=O) groups is 1. The van der Waals surface area contributed by atoms with E-state index in [4.69, 9.17) is 28.9 Å². The molecule has 0 spiro atoms. The van der Waals surface area contributed by atoms with Crippen molar-refractivity contribution >= 4 is 45.6 Å². The molecule has 2 rings (SSSR count). The summed E-state index contributed by atoms with van der Waals surface area (Å²) in [6.45, 7) is 1.88. The number of hydrogen-bond acceptors (Lipinski definition) is 4. The van der Waals surface area contributed by atoms with E-state index >= 15 is 0 Å². The molecule has 7 heteroatoms. The van der Waals surface area contributed by atoms with Crippen LogP contribution in [0.4, 0.5) is 5.13 Å². The van der Waals surface area contributed by atoms with Gasteiger partial charge in [0.25, 0.3) is 0 Å². The Balaban J connectivity index is 1.97. The lowest BCUT2D eigenvalue weighted by Crippen LogP contribution is -2.19. The molecule has 4 nitrogen and oxygen atoms in total. The molecule has 0 aliphatic carbocycles. The van der Waals surface area contributed by atoms with E-state index in [1.54, 1.807) is 12.3 Å². The number of amides is 1. The zero-order valence-electron chi connectivity index (χ0n) is 12.1. The fraction of sp³-hybridized carbons (Fsp3) is 0.333. The van der Waals surface area contributed by atoms with Crippen LogP contribution in [0.5, 0.6) is 0 Å². The second kappa shape index (κ2) is 7.92. The van der Waals surface area contributed by atoms with E-state index in [0.717, 1.165) is 10.4 Å². The molecule has 0 aliphatic heterocycles. The molecule has 0 saturated carbocycles. The number of nitrogens with one attached hydrogen (secondary N) is 1. The first-order chi connectivity index (χ1) is 10.5. The van der Waals surface area contributed by atoms with Gasteiger partial charge < -0.3 is 11.1 Å². The molecule has 0 aliphatic rings. The maximum absolute atomic E-state index is 11.7. The Bertz CT molecular complexity index is 658. The lowest BCUT2D eigenvalue weighted by molar-refractivity contribution is -0.116. The number of anilines is 1. The normalized spacial score (nSPS) is 12.2. The van der Waals surface area contributed by atoms with E-state index in [2.05, 4.69) is 10.3 Å². The van der Waals surface area contributed by atoms with Crippen molar-refractivity contribution in [2.24, 2.45) is 5.73 Å². The molecular weight excluding hydrogens is 341 g/mol. The van der Waals surface area contributed by atoms with Gasteiger partial charge in [0.05, 0.1) is 10.0 Å². The molecule has 1 atom stereocenters. The van der Waals surface area contributed by atoms with Crippen LogP contribution in [0.3, 0.4) is 0 Å². The summed E-state index contributed by atoms with van der Waals surface area (Å²) in [6.07, 6.45) is 3.42. The molecular formula is C15H17Cl2N3OS. The first-order valence-corrected chi connectivity index (χ1v) is 8.46. The molecule has 118 valence electrons. The van der Waals surface area contributed by atoms with Crippen molar-refractivity contribution in [2.75, 3.05) is 5.32 Å². The first-order valence-electron chi connectivity index (χ1n) is 6.88. The van der Waals surface area contributed by atoms with Crippen LogP contribution in [-0.2, 0) is 11.2 Å². The minimum atomic E-state index is -0.0704. The predicted molar refractivity (Wildman–Crippen MR) is 92.9 cm³/mol. The van der Waals surface area contributed by atoms with Crippen LogP contribution < -0.4 is 11.1 Å². The molecule has 0 saturated heterocycles. The number of nitrogens with zero attached hydrogens (tertiary/aromatic N) is 1. The average Bonchev–Trinajstić information content (AvgIpc) is 2.89. The Labute approximate surface area is 143 Å². The summed E-state index contributed by atoms with van der Waals surface area (Å²) in [5, 5.41) is 4.46. The lowest BCUT2D eigenvalue weighted by atomic mass is 10.1. The Morgan fingerprint density at radius 1 is 1.45 bits per heavy atom. The van der Waals surface area contributed by atoms with Gasteiger partial charge in [-0.15, -0.1) is 11.3 Å². The third-order valence-electron chi connectivity index (χ3n) is 3.02. The number of carbonyl (C=O) groups excluding carboxylic acids is 1. The minimum absolute atomic E-state index is 0.0163. The number of halogens is 2. The molecule has 1 aromatic heterocycles. The third kappa shape index (κ3) is 4.95. The van der Waals surface area contributed by atoms with Gasteiger partial charge in [-0.2, -0.15) is 0 Å². The maximum Gasteiger partial charge on any atom is 0.226 e. The minimum Gasteiger partial charge on any atom is -0.328 e. The second-order valence-electron chi connectivity index (χ2n) is 5.09. The van der Waals surface area contributed by atoms with Crippen molar-refractivity contribution in [2.45, 2.75) is 32.2 Å². The van der Waals surface area contributed by atoms with Crippen LogP contribution in [0.15, 0.2) is 24.4 Å². The van der Waals surface area contributed by atoms with Crippen LogP contribution in [0.2, 0.25) is 10.0 Å². The molecule has 0 radical (unpaired) electrons. The van der Waals surface area contributed by atoms with Gasteiger partial charge in [-0.3, -0.25) is 4.79 Å². The van der Waals surface area contributed by atoms with Crippen molar-refractivity contribution in [1.29, 1.82) is 0 Å². The highest BCUT2D eigenvalue weighted by Gasteiger charge is 2.10. The van der Waals surface area contributed by atoms with Gasteiger partial charge in [0, 0.05) is 30.0 Å². The molecule has 22 heavy (non-hydrogen) atoms. The summed E-state index contributed by atoms with van der Waals surface area (Å²) in [7, 11) is 0. The summed E-state index contributed by atoms with van der Waals surface area (Å²) in [5.74, 6) is -0.0704. The van der Waals surface area contributed by atoms with Crippen molar-refractivity contribution in [3.8, 4) is 0 Å². The molecule has 3 N–H and O–H groups in total. The van der Waals surface area contributed by atoms with Crippen LogP contribution in [0.1, 0.15) is 30.2 Å². The zero-order valence-corrected chi connectivity index (χ0v) is 14.4. The van der Waals surface area contributed by atoms with Gasteiger partial charge in [-0.05, 0) is 25.0 Å². The predicted octanol–water partition coefficient (Wildman–Crippen LogP) is 4.11. The van der Waals surface area contributed by atoms with Gasteiger partial charge in [-0.1, -0.05) is 35.3 Å². The van der Waals surface area contributed by atoms with E-state index < -0.39 is 0 Å². The van der Waals surface area contributed by atoms with Crippen LogP contribution in [0.25, 0.3) is 0 Å². The van der Waals surface area contributed by atoms with Crippen molar-refractivity contribution in [3.05, 3.63) is 44.9 Å². The smallest absolute Gasteiger partial charge is 0.226 e. The SMILES string of the molecule is CC(N)CCC(=O)Nc1ncc(Cc2cccc(Cl)c2Cl)s1. The summed E-state index contributed by atoms with van der Waals surface area (Å²) in [4.78, 5) is 17.0. The highest BCUT2D eigenvalue weighted by molar-refractivity contribution is 7.15. The van der Waals surface area contributed by atoms with E-state index in [-0.39, 0.29) is 11.9 Å². The summed E-state index contributed by atoms with van der Waals surface area (Å²) in [6, 6.07) is 5.56. The molecule has 0 fully saturated rings. The monoisotopic (exact) mass is 357 g/mol. The van der Waals surface area contributed by atoms with Crippen molar-refractivity contribution < 1.29 is 4.79 Å². The van der Waals surface area contributed by atoms with Gasteiger partial charge in [0.15, 0.2) is 5.13 Å². The number of benzene rings is 1. The van der Waals surface area contributed by atoms with Crippen LogP contribution >= 0.6 is 34.5 Å². The second-order valence-corrected chi connectivity index (χ2v) is 6.99. The Morgan fingerprint density at radius 2 is 2.23 bits per heavy atom. The topological polar surface area (TPSA) is 68.0 Å². The molecule has 1 unspecified atom stereocenters. The summed E-state index contributed by atoms with van der Waals surface area (Å²) < 4.78 is 0. The summed E-state index contributed by atoms with van der Waals surface area (Å²) in [5.41, 5.74) is 6.57. The average molecular weight is 358 g/mol. The highest BCUT2D eigenvalue weighted by Crippen LogP contribution is 2.29. The molecule has 1 amide bonds. The molecule has 0 bridgehead atoms. The Morgan fingerprint density at radius 3 is 2.95 bits per heavy atom. The van der Waals surface area contributed by atoms with Gasteiger partial charge in [0.1, 0.15) is 0 Å².